The third kappa shape index (κ3) is 3.51. The van der Waals surface area contributed by atoms with Crippen LogP contribution in [0.3, 0.4) is 0 Å². The van der Waals surface area contributed by atoms with E-state index in [1.165, 1.54) is 12.1 Å². The first-order valence-corrected chi connectivity index (χ1v) is 5.11. The Bertz CT molecular complexity index is 392. The van der Waals surface area contributed by atoms with Crippen molar-refractivity contribution in [3.8, 4) is 0 Å². The molecule has 6 heteroatoms. The number of alkyl halides is 1. The smallest absolute Gasteiger partial charge is 0.269 e. The predicted octanol–water partition coefficient (Wildman–Crippen LogP) is 1.62. The number of primary amides is 1. The predicted molar refractivity (Wildman–Crippen MR) is 60.3 cm³/mol. The Kier molecular flexibility index (Phi) is 4.25. The molecule has 0 heterocycles. The number of nitrogens with two attached hydrogens (primary N) is 1. The summed E-state index contributed by atoms with van der Waals surface area (Å²) in [5, 5.41) is 9.69. The van der Waals surface area contributed by atoms with Crippen LogP contribution in [0, 0.1) is 10.1 Å². The summed E-state index contributed by atoms with van der Waals surface area (Å²) in [5.74, 6) is -0.552. The van der Waals surface area contributed by atoms with E-state index in [-0.39, 0.29) is 5.69 Å². The topological polar surface area (TPSA) is 86.2 Å². The van der Waals surface area contributed by atoms with Gasteiger partial charge in [-0.25, -0.2) is 0 Å². The van der Waals surface area contributed by atoms with Crippen LogP contribution in [0.4, 0.5) is 5.69 Å². The fraction of sp³-hybridized carbons (Fsp3) is 0.300. The molecule has 2 N–H and O–H groups in total. The molecule has 1 aromatic rings. The van der Waals surface area contributed by atoms with Crippen molar-refractivity contribution in [1.29, 1.82) is 0 Å². The Morgan fingerprint density at radius 1 is 1.44 bits per heavy atom. The number of aryl methyl sites for hydroxylation is 1. The van der Waals surface area contributed by atoms with Crippen molar-refractivity contribution in [1.82, 2.24) is 0 Å². The van der Waals surface area contributed by atoms with E-state index in [1.807, 2.05) is 0 Å². The van der Waals surface area contributed by atoms with Gasteiger partial charge in [-0.1, -0.05) is 12.1 Å². The van der Waals surface area contributed by atoms with E-state index in [1.54, 1.807) is 12.1 Å². The minimum Gasteiger partial charge on any atom is -0.368 e. The Morgan fingerprint density at radius 3 is 2.44 bits per heavy atom. The van der Waals surface area contributed by atoms with Crippen molar-refractivity contribution in [3.63, 3.8) is 0 Å². The van der Waals surface area contributed by atoms with E-state index in [0.29, 0.717) is 12.8 Å². The van der Waals surface area contributed by atoms with Gasteiger partial charge >= 0.3 is 0 Å². The Hall–Kier alpha value is -1.62. The molecule has 0 aromatic heterocycles. The molecule has 1 amide bonds. The molecular formula is C10H11ClN2O3. The molecule has 0 bridgehead atoms. The van der Waals surface area contributed by atoms with Crippen molar-refractivity contribution in [3.05, 3.63) is 39.9 Å². The zero-order chi connectivity index (χ0) is 12.1. The van der Waals surface area contributed by atoms with Gasteiger partial charge in [-0.15, -0.1) is 11.6 Å². The third-order valence-electron chi connectivity index (χ3n) is 2.14. The number of hydrogen-bond donors (Lipinski definition) is 1. The normalized spacial score (nSPS) is 12.1. The number of carbonyl (C=O) groups is 1. The summed E-state index contributed by atoms with van der Waals surface area (Å²) in [7, 11) is 0. The molecule has 1 unspecified atom stereocenters. The number of carbonyl (C=O) groups excluding carboxylic acids is 1. The van der Waals surface area contributed by atoms with Crippen LogP contribution in [0.25, 0.3) is 0 Å². The quantitative estimate of drug-likeness (QED) is 0.484. The first-order chi connectivity index (χ1) is 7.50. The number of nitrogens with zero attached hydrogens (tertiary/aromatic N) is 1. The van der Waals surface area contributed by atoms with E-state index >= 15 is 0 Å². The highest BCUT2D eigenvalue weighted by molar-refractivity contribution is 6.30. The van der Waals surface area contributed by atoms with E-state index in [9.17, 15) is 14.9 Å². The molecular weight excluding hydrogens is 232 g/mol. The zero-order valence-electron chi connectivity index (χ0n) is 8.43. The lowest BCUT2D eigenvalue weighted by molar-refractivity contribution is -0.384. The van der Waals surface area contributed by atoms with Crippen molar-refractivity contribution < 1.29 is 9.72 Å². The van der Waals surface area contributed by atoms with Crippen molar-refractivity contribution in [2.75, 3.05) is 0 Å². The van der Waals surface area contributed by atoms with Crippen LogP contribution in [0.5, 0.6) is 0 Å². The number of hydrogen-bond acceptors (Lipinski definition) is 3. The second-order valence-corrected chi connectivity index (χ2v) is 3.86. The average molecular weight is 243 g/mol. The van der Waals surface area contributed by atoms with Crippen LogP contribution in [-0.4, -0.2) is 16.2 Å². The number of non-ortho nitro benzene ring substituents is 1. The Balaban J connectivity index is 2.56. The number of halogens is 1. The summed E-state index contributed by atoms with van der Waals surface area (Å²) >= 11 is 5.66. The summed E-state index contributed by atoms with van der Waals surface area (Å²) in [6.07, 6.45) is 0.990. The second kappa shape index (κ2) is 5.46. The van der Waals surface area contributed by atoms with Crippen molar-refractivity contribution in [2.45, 2.75) is 18.2 Å². The summed E-state index contributed by atoms with van der Waals surface area (Å²) in [6.45, 7) is 0. The SMILES string of the molecule is NC(=O)C(Cl)CCc1ccc([N+](=O)[O-])cc1. The minimum atomic E-state index is -0.699. The molecule has 1 rings (SSSR count). The highest BCUT2D eigenvalue weighted by Crippen LogP contribution is 2.14. The molecule has 0 aliphatic heterocycles. The largest absolute Gasteiger partial charge is 0.368 e. The molecule has 0 saturated carbocycles. The molecule has 86 valence electrons. The monoisotopic (exact) mass is 242 g/mol. The van der Waals surface area contributed by atoms with Gasteiger partial charge in [0, 0.05) is 12.1 Å². The number of amides is 1. The van der Waals surface area contributed by atoms with Gasteiger partial charge in [0.05, 0.1) is 4.92 Å². The summed E-state index contributed by atoms with van der Waals surface area (Å²) in [4.78, 5) is 20.6. The molecule has 1 atom stereocenters. The van der Waals surface area contributed by atoms with Gasteiger partial charge in [-0.3, -0.25) is 14.9 Å². The Morgan fingerprint density at radius 2 is 2.00 bits per heavy atom. The maximum absolute atomic E-state index is 10.7. The number of nitro groups is 1. The first-order valence-electron chi connectivity index (χ1n) is 4.67. The van der Waals surface area contributed by atoms with Crippen LogP contribution in [0.15, 0.2) is 24.3 Å². The fourth-order valence-electron chi connectivity index (χ4n) is 1.22. The number of rotatable bonds is 5. The summed E-state index contributed by atoms with van der Waals surface area (Å²) in [6, 6.07) is 6.12. The molecule has 0 radical (unpaired) electrons. The van der Waals surface area contributed by atoms with Crippen LogP contribution in [0.2, 0.25) is 0 Å². The van der Waals surface area contributed by atoms with Gasteiger partial charge in [-0.2, -0.15) is 0 Å². The lowest BCUT2D eigenvalue weighted by atomic mass is 10.1. The summed E-state index contributed by atoms with van der Waals surface area (Å²) in [5.41, 5.74) is 5.93. The van der Waals surface area contributed by atoms with Crippen molar-refractivity contribution in [2.24, 2.45) is 5.73 Å². The second-order valence-electron chi connectivity index (χ2n) is 3.33. The number of nitro benzene ring substituents is 1. The van der Waals surface area contributed by atoms with Gasteiger partial charge in [0.2, 0.25) is 5.91 Å². The lowest BCUT2D eigenvalue weighted by Crippen LogP contribution is -2.23. The summed E-state index contributed by atoms with van der Waals surface area (Å²) < 4.78 is 0. The van der Waals surface area contributed by atoms with Gasteiger partial charge in [0.1, 0.15) is 5.38 Å². The van der Waals surface area contributed by atoms with E-state index < -0.39 is 16.2 Å². The maximum Gasteiger partial charge on any atom is 0.269 e. The molecule has 1 aromatic carbocycles. The van der Waals surface area contributed by atoms with Crippen LogP contribution in [-0.2, 0) is 11.2 Å². The number of benzene rings is 1. The van der Waals surface area contributed by atoms with Crippen LogP contribution < -0.4 is 5.73 Å². The molecule has 5 nitrogen and oxygen atoms in total. The molecule has 0 fully saturated rings. The molecule has 16 heavy (non-hydrogen) atoms. The van der Waals surface area contributed by atoms with Gasteiger partial charge in [0.15, 0.2) is 0 Å². The van der Waals surface area contributed by atoms with Gasteiger partial charge in [-0.05, 0) is 18.4 Å². The molecule has 0 aliphatic carbocycles. The third-order valence-corrected chi connectivity index (χ3v) is 2.58. The van der Waals surface area contributed by atoms with E-state index in [0.717, 1.165) is 5.56 Å². The molecule has 0 aliphatic rings. The lowest BCUT2D eigenvalue weighted by Gasteiger charge is -2.04. The first kappa shape index (κ1) is 12.4. The molecule has 0 spiro atoms. The van der Waals surface area contributed by atoms with Crippen LogP contribution >= 0.6 is 11.6 Å². The minimum absolute atomic E-state index is 0.0427. The Labute approximate surface area is 97.3 Å². The van der Waals surface area contributed by atoms with Gasteiger partial charge in [0.25, 0.3) is 5.69 Å². The van der Waals surface area contributed by atoms with Crippen LogP contribution in [0.1, 0.15) is 12.0 Å². The average Bonchev–Trinajstić information content (AvgIpc) is 2.26. The van der Waals surface area contributed by atoms with Gasteiger partial charge < -0.3 is 5.73 Å². The highest BCUT2D eigenvalue weighted by Gasteiger charge is 2.11. The van der Waals surface area contributed by atoms with Crippen molar-refractivity contribution >= 4 is 23.2 Å². The van der Waals surface area contributed by atoms with E-state index in [4.69, 9.17) is 17.3 Å². The molecule has 0 saturated heterocycles. The maximum atomic E-state index is 10.7. The highest BCUT2D eigenvalue weighted by atomic mass is 35.5. The zero-order valence-corrected chi connectivity index (χ0v) is 9.18. The standard InChI is InChI=1S/C10H11ClN2O3/c11-9(10(12)14)6-3-7-1-4-8(5-2-7)13(15)16/h1-2,4-5,9H,3,6H2,(H2,12,14). The van der Waals surface area contributed by atoms with E-state index in [2.05, 4.69) is 0 Å². The fourth-order valence-corrected chi connectivity index (χ4v) is 1.33.